The van der Waals surface area contributed by atoms with Gasteiger partial charge in [-0.25, -0.2) is 4.39 Å². The van der Waals surface area contributed by atoms with Gasteiger partial charge in [-0.15, -0.1) is 0 Å². The number of anilines is 1. The van der Waals surface area contributed by atoms with E-state index >= 15 is 0 Å². The molecular weight excluding hydrogens is 502 g/mol. The summed E-state index contributed by atoms with van der Waals surface area (Å²) in [4.78, 5) is 12.6. The molecule has 3 aromatic rings. The van der Waals surface area contributed by atoms with Crippen LogP contribution in [0.5, 0.6) is 11.5 Å². The molecule has 0 saturated heterocycles. The fraction of sp³-hybridized carbons (Fsp3) is 0.120. The number of carbonyl (C=O) groups is 1. The topological polar surface area (TPSA) is 71.3 Å². The highest BCUT2D eigenvalue weighted by Gasteiger charge is 2.16. The Morgan fingerprint density at radius 1 is 1.09 bits per heavy atom. The zero-order chi connectivity index (χ0) is 24.7. The van der Waals surface area contributed by atoms with Gasteiger partial charge in [-0.1, -0.05) is 53.0 Å². The van der Waals surface area contributed by atoms with E-state index in [0.717, 1.165) is 0 Å². The summed E-state index contributed by atoms with van der Waals surface area (Å²) in [7, 11) is 0. The van der Waals surface area contributed by atoms with Crippen LogP contribution in [-0.2, 0) is 11.4 Å². The van der Waals surface area contributed by atoms with Gasteiger partial charge in [-0.2, -0.15) is 5.26 Å². The van der Waals surface area contributed by atoms with Crippen LogP contribution in [0, 0.1) is 17.1 Å². The van der Waals surface area contributed by atoms with Gasteiger partial charge in [0.05, 0.1) is 27.4 Å². The summed E-state index contributed by atoms with van der Waals surface area (Å²) in [5.74, 6) is -0.474. The molecule has 174 valence electrons. The summed E-state index contributed by atoms with van der Waals surface area (Å²) in [5.41, 5.74) is 1.14. The molecule has 34 heavy (non-hydrogen) atoms. The maximum Gasteiger partial charge on any atom is 0.266 e. The maximum absolute atomic E-state index is 13.4. The first-order valence-corrected chi connectivity index (χ1v) is 11.2. The van der Waals surface area contributed by atoms with Gasteiger partial charge in [0.2, 0.25) is 0 Å². The summed E-state index contributed by atoms with van der Waals surface area (Å²) >= 11 is 18.5. The van der Waals surface area contributed by atoms with Crippen LogP contribution in [0.15, 0.2) is 60.2 Å². The molecule has 3 aromatic carbocycles. The molecule has 0 aliphatic carbocycles. The van der Waals surface area contributed by atoms with Crippen LogP contribution < -0.4 is 14.8 Å². The van der Waals surface area contributed by atoms with E-state index in [1.165, 1.54) is 24.3 Å². The maximum atomic E-state index is 13.4. The number of nitrogens with zero attached hydrogens (tertiary/aromatic N) is 1. The third kappa shape index (κ3) is 6.42. The number of benzene rings is 3. The number of hydrogen-bond acceptors (Lipinski definition) is 4. The molecule has 0 fully saturated rings. The summed E-state index contributed by atoms with van der Waals surface area (Å²) in [6, 6.07) is 15.7. The number of amides is 1. The van der Waals surface area contributed by atoms with Crippen molar-refractivity contribution < 1.29 is 18.7 Å². The van der Waals surface area contributed by atoms with E-state index in [2.05, 4.69) is 5.32 Å². The lowest BCUT2D eigenvalue weighted by atomic mass is 10.1. The van der Waals surface area contributed by atoms with Gasteiger partial charge in [-0.3, -0.25) is 4.79 Å². The monoisotopic (exact) mass is 518 g/mol. The molecular formula is C25H18Cl3FN2O3. The number of carbonyl (C=O) groups excluding carboxylic acids is 1. The molecule has 0 aliphatic rings. The summed E-state index contributed by atoms with van der Waals surface area (Å²) in [6.07, 6.45) is 1.36. The minimum atomic E-state index is -0.674. The smallest absolute Gasteiger partial charge is 0.266 e. The summed E-state index contributed by atoms with van der Waals surface area (Å²) < 4.78 is 24.9. The van der Waals surface area contributed by atoms with E-state index in [4.69, 9.17) is 44.3 Å². The van der Waals surface area contributed by atoms with Crippen molar-refractivity contribution in [3.8, 4) is 17.6 Å². The lowest BCUT2D eigenvalue weighted by Gasteiger charge is -2.15. The quantitative estimate of drug-likeness (QED) is 0.250. The van der Waals surface area contributed by atoms with Crippen molar-refractivity contribution in [2.45, 2.75) is 13.5 Å². The average Bonchev–Trinajstić information content (AvgIpc) is 2.80. The second kappa shape index (κ2) is 11.8. The Kier molecular flexibility index (Phi) is 8.78. The third-order valence-electron chi connectivity index (χ3n) is 4.48. The molecule has 0 radical (unpaired) electrons. The van der Waals surface area contributed by atoms with E-state index in [9.17, 15) is 14.4 Å². The Bertz CT molecular complexity index is 1290. The molecule has 0 aliphatic heterocycles. The summed E-state index contributed by atoms with van der Waals surface area (Å²) in [5, 5.41) is 12.7. The molecule has 0 saturated carbocycles. The first kappa shape index (κ1) is 25.4. The molecule has 0 spiro atoms. The van der Waals surface area contributed by atoms with Crippen molar-refractivity contribution in [3.63, 3.8) is 0 Å². The normalized spacial score (nSPS) is 11.0. The van der Waals surface area contributed by atoms with Gasteiger partial charge in [0.25, 0.3) is 5.91 Å². The van der Waals surface area contributed by atoms with Crippen molar-refractivity contribution in [1.29, 1.82) is 5.26 Å². The molecule has 5 nitrogen and oxygen atoms in total. The largest absolute Gasteiger partial charge is 0.490 e. The van der Waals surface area contributed by atoms with Gasteiger partial charge in [0.15, 0.2) is 11.5 Å². The van der Waals surface area contributed by atoms with Gasteiger partial charge in [-0.05, 0) is 60.5 Å². The Hall–Kier alpha value is -3.24. The highest BCUT2D eigenvalue weighted by molar-refractivity contribution is 6.44. The van der Waals surface area contributed by atoms with E-state index < -0.39 is 5.91 Å². The Morgan fingerprint density at radius 3 is 2.56 bits per heavy atom. The molecule has 0 heterocycles. The molecule has 9 heteroatoms. The Labute approximate surface area is 211 Å². The predicted molar refractivity (Wildman–Crippen MR) is 132 cm³/mol. The van der Waals surface area contributed by atoms with E-state index in [0.29, 0.717) is 23.5 Å². The van der Waals surface area contributed by atoms with Crippen molar-refractivity contribution >= 4 is 52.5 Å². The molecule has 0 bridgehead atoms. The number of nitrogens with one attached hydrogen (secondary N) is 1. The average molecular weight is 520 g/mol. The van der Waals surface area contributed by atoms with Gasteiger partial charge >= 0.3 is 0 Å². The zero-order valence-electron chi connectivity index (χ0n) is 17.9. The van der Waals surface area contributed by atoms with Gasteiger partial charge in [0.1, 0.15) is 24.1 Å². The molecule has 3 rings (SSSR count). The zero-order valence-corrected chi connectivity index (χ0v) is 20.1. The minimum Gasteiger partial charge on any atom is -0.490 e. The molecule has 0 aromatic heterocycles. The standard InChI is InChI=1S/C25H18Cl3FN2O3/c1-2-33-22-12-16(11-20(27)24(22)34-14-15-5-3-6-18(29)10-15)9-17(13-30)25(32)31-21-8-4-7-19(26)23(21)28/h3-12H,2,14H2,1H3,(H,31,32)/b17-9-. The first-order chi connectivity index (χ1) is 16.3. The van der Waals surface area contributed by atoms with Crippen LogP contribution in [-0.4, -0.2) is 12.5 Å². The highest BCUT2D eigenvalue weighted by Crippen LogP contribution is 2.38. The SMILES string of the molecule is CCOc1cc(/C=C(/C#N)C(=O)Nc2cccc(Cl)c2Cl)cc(Cl)c1OCc1cccc(F)c1. The van der Waals surface area contributed by atoms with Crippen LogP contribution in [0.2, 0.25) is 15.1 Å². The van der Waals surface area contributed by atoms with E-state index in [1.807, 2.05) is 6.07 Å². The number of ether oxygens (including phenoxy) is 2. The molecule has 1 N–H and O–H groups in total. The van der Waals surface area contributed by atoms with Crippen molar-refractivity contribution in [2.75, 3.05) is 11.9 Å². The molecule has 1 amide bonds. The van der Waals surface area contributed by atoms with Gasteiger partial charge < -0.3 is 14.8 Å². The lowest BCUT2D eigenvalue weighted by molar-refractivity contribution is -0.112. The predicted octanol–water partition coefficient (Wildman–Crippen LogP) is 7.31. The number of rotatable bonds is 8. The van der Waals surface area contributed by atoms with Crippen LogP contribution in [0.1, 0.15) is 18.1 Å². The van der Waals surface area contributed by atoms with Crippen molar-refractivity contribution in [2.24, 2.45) is 0 Å². The van der Waals surface area contributed by atoms with E-state index in [-0.39, 0.29) is 44.5 Å². The van der Waals surface area contributed by atoms with E-state index in [1.54, 1.807) is 43.3 Å². The second-order valence-corrected chi connectivity index (χ2v) is 8.10. The number of hydrogen-bond donors (Lipinski definition) is 1. The van der Waals surface area contributed by atoms with Crippen LogP contribution in [0.25, 0.3) is 6.08 Å². The molecule has 0 unspecified atom stereocenters. The van der Waals surface area contributed by atoms with Crippen LogP contribution in [0.3, 0.4) is 0 Å². The molecule has 0 atom stereocenters. The minimum absolute atomic E-state index is 0.0684. The Morgan fingerprint density at radius 2 is 1.85 bits per heavy atom. The summed E-state index contributed by atoms with van der Waals surface area (Å²) in [6.45, 7) is 2.17. The Balaban J connectivity index is 1.86. The highest BCUT2D eigenvalue weighted by atomic mass is 35.5. The van der Waals surface area contributed by atoms with Crippen molar-refractivity contribution in [3.05, 3.63) is 92.2 Å². The van der Waals surface area contributed by atoms with Crippen LogP contribution >= 0.6 is 34.8 Å². The first-order valence-electron chi connectivity index (χ1n) is 10.0. The lowest BCUT2D eigenvalue weighted by Crippen LogP contribution is -2.13. The van der Waals surface area contributed by atoms with Crippen LogP contribution in [0.4, 0.5) is 10.1 Å². The van der Waals surface area contributed by atoms with Gasteiger partial charge in [0, 0.05) is 0 Å². The fourth-order valence-corrected chi connectivity index (χ4v) is 3.58. The third-order valence-corrected chi connectivity index (χ3v) is 5.58. The van der Waals surface area contributed by atoms with Crippen molar-refractivity contribution in [1.82, 2.24) is 0 Å². The fourth-order valence-electron chi connectivity index (χ4n) is 2.96. The second-order valence-electron chi connectivity index (χ2n) is 6.91. The number of nitriles is 1. The number of halogens is 4.